The highest BCUT2D eigenvalue weighted by Crippen LogP contribution is 2.48. The molecule has 0 atom stereocenters. The molecule has 0 aliphatic heterocycles. The number of aryl methyl sites for hydroxylation is 2. The third-order valence-corrected chi connectivity index (χ3v) is 5.03. The molecule has 0 bridgehead atoms. The van der Waals surface area contributed by atoms with E-state index in [1.807, 2.05) is 38.1 Å². The van der Waals surface area contributed by atoms with E-state index in [1.165, 1.54) is 7.11 Å². The monoisotopic (exact) mass is 372 g/mol. The van der Waals surface area contributed by atoms with Crippen LogP contribution in [0.15, 0.2) is 36.4 Å². The van der Waals surface area contributed by atoms with Crippen molar-refractivity contribution in [2.24, 2.45) is 5.41 Å². The van der Waals surface area contributed by atoms with E-state index in [9.17, 15) is 9.59 Å². The van der Waals surface area contributed by atoms with Crippen LogP contribution < -0.4 is 15.4 Å². The Balaban J connectivity index is 1.77. The first kappa shape index (κ1) is 18.3. The number of anilines is 2. The van der Waals surface area contributed by atoms with Crippen LogP contribution in [-0.2, 0) is 9.59 Å². The standard InChI is InChI=1S/C20H21ClN2O3/c1-12-5-4-6-14(9-12)22-18(24)20(7-8-20)19(25)23-16-10-13(2)15(21)11-17(16)26-3/h4-6,9-11H,7-8H2,1-3H3,(H,22,24)(H,23,25). The number of hydrogen-bond acceptors (Lipinski definition) is 3. The topological polar surface area (TPSA) is 67.4 Å². The molecule has 26 heavy (non-hydrogen) atoms. The van der Waals surface area contributed by atoms with Crippen molar-refractivity contribution in [3.63, 3.8) is 0 Å². The SMILES string of the molecule is COc1cc(Cl)c(C)cc1NC(=O)C1(C(=O)Nc2cccc(C)c2)CC1. The van der Waals surface area contributed by atoms with Gasteiger partial charge in [0.25, 0.3) is 0 Å². The number of carbonyl (C=O) groups is 2. The van der Waals surface area contributed by atoms with E-state index < -0.39 is 5.41 Å². The zero-order valence-corrected chi connectivity index (χ0v) is 15.7. The lowest BCUT2D eigenvalue weighted by Gasteiger charge is -2.17. The third-order valence-electron chi connectivity index (χ3n) is 4.62. The molecule has 0 saturated heterocycles. The first-order valence-corrected chi connectivity index (χ1v) is 8.77. The van der Waals surface area contributed by atoms with Crippen LogP contribution in [0.25, 0.3) is 0 Å². The molecule has 0 aromatic heterocycles. The van der Waals surface area contributed by atoms with E-state index in [4.69, 9.17) is 16.3 Å². The van der Waals surface area contributed by atoms with Crippen molar-refractivity contribution < 1.29 is 14.3 Å². The molecular weight excluding hydrogens is 352 g/mol. The maximum Gasteiger partial charge on any atom is 0.240 e. The number of hydrogen-bond donors (Lipinski definition) is 2. The second kappa shape index (κ2) is 7.00. The molecule has 2 aromatic rings. The predicted octanol–water partition coefficient (Wildman–Crippen LogP) is 4.32. The molecule has 136 valence electrons. The van der Waals surface area contributed by atoms with Gasteiger partial charge in [0.1, 0.15) is 11.2 Å². The third kappa shape index (κ3) is 3.53. The smallest absolute Gasteiger partial charge is 0.240 e. The summed E-state index contributed by atoms with van der Waals surface area (Å²) in [4.78, 5) is 25.5. The molecular formula is C20H21ClN2O3. The lowest BCUT2D eigenvalue weighted by Crippen LogP contribution is -2.35. The Bertz CT molecular complexity index is 875. The summed E-state index contributed by atoms with van der Waals surface area (Å²) in [5.74, 6) is -0.156. The highest BCUT2D eigenvalue weighted by Gasteiger charge is 2.56. The highest BCUT2D eigenvalue weighted by molar-refractivity contribution is 6.31. The minimum atomic E-state index is -1.04. The molecule has 0 heterocycles. The van der Waals surface area contributed by atoms with Crippen LogP contribution in [0.3, 0.4) is 0 Å². The number of amides is 2. The fraction of sp³-hybridized carbons (Fsp3) is 0.300. The molecule has 2 N–H and O–H groups in total. The van der Waals surface area contributed by atoms with Crippen molar-refractivity contribution in [3.8, 4) is 5.75 Å². The number of benzene rings is 2. The summed E-state index contributed by atoms with van der Waals surface area (Å²) in [6.07, 6.45) is 1.04. The van der Waals surface area contributed by atoms with Gasteiger partial charge >= 0.3 is 0 Å². The molecule has 5 nitrogen and oxygen atoms in total. The minimum absolute atomic E-state index is 0.287. The molecule has 1 aliphatic rings. The van der Waals surface area contributed by atoms with Gasteiger partial charge in [0, 0.05) is 16.8 Å². The fourth-order valence-electron chi connectivity index (χ4n) is 2.83. The summed E-state index contributed by atoms with van der Waals surface area (Å²) in [7, 11) is 1.51. The van der Waals surface area contributed by atoms with Crippen LogP contribution in [0, 0.1) is 19.3 Å². The van der Waals surface area contributed by atoms with Crippen molar-refractivity contribution in [3.05, 3.63) is 52.5 Å². The summed E-state index contributed by atoms with van der Waals surface area (Å²) in [6.45, 7) is 3.79. The van der Waals surface area contributed by atoms with Crippen molar-refractivity contribution in [2.45, 2.75) is 26.7 Å². The highest BCUT2D eigenvalue weighted by atomic mass is 35.5. The summed E-state index contributed by atoms with van der Waals surface area (Å²) < 4.78 is 5.28. The molecule has 1 fully saturated rings. The molecule has 2 amide bonds. The van der Waals surface area contributed by atoms with Crippen LogP contribution in [0.5, 0.6) is 5.75 Å². The van der Waals surface area contributed by atoms with E-state index >= 15 is 0 Å². The number of methoxy groups -OCH3 is 1. The zero-order valence-electron chi connectivity index (χ0n) is 15.0. The van der Waals surface area contributed by atoms with E-state index in [0.717, 1.165) is 11.1 Å². The Morgan fingerprint density at radius 2 is 1.77 bits per heavy atom. The van der Waals surface area contributed by atoms with Crippen molar-refractivity contribution >= 4 is 34.8 Å². The van der Waals surface area contributed by atoms with Gasteiger partial charge < -0.3 is 15.4 Å². The van der Waals surface area contributed by atoms with Gasteiger partial charge in [-0.2, -0.15) is 0 Å². The van der Waals surface area contributed by atoms with Crippen LogP contribution >= 0.6 is 11.6 Å². The van der Waals surface area contributed by atoms with Gasteiger partial charge in [-0.3, -0.25) is 9.59 Å². The molecule has 0 unspecified atom stereocenters. The molecule has 6 heteroatoms. The second-order valence-corrected chi connectivity index (χ2v) is 7.07. The first-order chi connectivity index (χ1) is 12.4. The Labute approximate surface area is 157 Å². The van der Waals surface area contributed by atoms with Gasteiger partial charge in [-0.25, -0.2) is 0 Å². The molecule has 1 aliphatic carbocycles. The molecule has 1 saturated carbocycles. The zero-order chi connectivity index (χ0) is 18.9. The summed E-state index contributed by atoms with van der Waals surface area (Å²) in [6, 6.07) is 10.9. The van der Waals surface area contributed by atoms with Crippen LogP contribution in [0.1, 0.15) is 24.0 Å². The Morgan fingerprint density at radius 3 is 2.38 bits per heavy atom. The van der Waals surface area contributed by atoms with E-state index in [1.54, 1.807) is 12.1 Å². The van der Waals surface area contributed by atoms with Crippen molar-refractivity contribution in [1.29, 1.82) is 0 Å². The van der Waals surface area contributed by atoms with Gasteiger partial charge in [0.05, 0.1) is 12.8 Å². The van der Waals surface area contributed by atoms with E-state index in [-0.39, 0.29) is 11.8 Å². The summed E-state index contributed by atoms with van der Waals surface area (Å²) in [5, 5.41) is 6.23. The van der Waals surface area contributed by atoms with Crippen LogP contribution in [0.4, 0.5) is 11.4 Å². The van der Waals surface area contributed by atoms with E-state index in [2.05, 4.69) is 10.6 Å². The second-order valence-electron chi connectivity index (χ2n) is 6.66. The Hall–Kier alpha value is -2.53. The molecule has 0 radical (unpaired) electrons. The Kier molecular flexibility index (Phi) is 4.92. The van der Waals surface area contributed by atoms with Gasteiger partial charge in [0.15, 0.2) is 0 Å². The molecule has 3 rings (SSSR count). The average Bonchev–Trinajstić information content (AvgIpc) is 3.40. The molecule has 2 aromatic carbocycles. The molecule has 0 spiro atoms. The largest absolute Gasteiger partial charge is 0.495 e. The maximum absolute atomic E-state index is 12.8. The quantitative estimate of drug-likeness (QED) is 0.768. The normalized spacial score (nSPS) is 14.5. The van der Waals surface area contributed by atoms with Crippen LogP contribution in [0.2, 0.25) is 5.02 Å². The van der Waals surface area contributed by atoms with Gasteiger partial charge in [-0.1, -0.05) is 23.7 Å². The Morgan fingerprint density at radius 1 is 1.08 bits per heavy atom. The fourth-order valence-corrected chi connectivity index (χ4v) is 2.98. The van der Waals surface area contributed by atoms with E-state index in [0.29, 0.717) is 35.0 Å². The van der Waals surface area contributed by atoms with Crippen molar-refractivity contribution in [2.75, 3.05) is 17.7 Å². The number of nitrogens with one attached hydrogen (secondary N) is 2. The first-order valence-electron chi connectivity index (χ1n) is 8.39. The summed E-state index contributed by atoms with van der Waals surface area (Å²) in [5.41, 5.74) is 2.01. The number of carbonyl (C=O) groups excluding carboxylic acids is 2. The lowest BCUT2D eigenvalue weighted by molar-refractivity contribution is -0.131. The lowest BCUT2D eigenvalue weighted by atomic mass is 10.0. The number of halogens is 1. The maximum atomic E-state index is 12.8. The van der Waals surface area contributed by atoms with Gasteiger partial charge in [-0.05, 0) is 56.0 Å². The van der Waals surface area contributed by atoms with Crippen molar-refractivity contribution in [1.82, 2.24) is 0 Å². The van der Waals surface area contributed by atoms with Crippen LogP contribution in [-0.4, -0.2) is 18.9 Å². The predicted molar refractivity (Wildman–Crippen MR) is 103 cm³/mol. The van der Waals surface area contributed by atoms with Gasteiger partial charge in [-0.15, -0.1) is 0 Å². The number of rotatable bonds is 5. The van der Waals surface area contributed by atoms with Gasteiger partial charge in [0.2, 0.25) is 11.8 Å². The minimum Gasteiger partial charge on any atom is -0.495 e. The average molecular weight is 373 g/mol. The summed E-state index contributed by atoms with van der Waals surface area (Å²) >= 11 is 6.10. The number of ether oxygens (including phenoxy) is 1.